The minimum absolute atomic E-state index is 0.158. The number of nitrogens with zero attached hydrogens (tertiary/aromatic N) is 2. The number of rotatable bonds is 13. The third-order valence-corrected chi connectivity index (χ3v) is 9.48. The monoisotopic (exact) mass is 596 g/mol. The molecule has 3 aromatic carbocycles. The van der Waals surface area contributed by atoms with Gasteiger partial charge in [-0.05, 0) is 75.4 Å². The molecular formula is C38H48N2O4. The molecule has 2 aliphatic heterocycles. The first-order chi connectivity index (χ1) is 21.4. The number of likely N-dealkylation sites (tertiary alicyclic amines) is 1. The van der Waals surface area contributed by atoms with Crippen LogP contribution in [-0.2, 0) is 19.7 Å². The number of benzene rings is 3. The van der Waals surface area contributed by atoms with Gasteiger partial charge in [-0.25, -0.2) is 0 Å². The molecule has 6 heteroatoms. The Bertz CT molecular complexity index is 1270. The van der Waals surface area contributed by atoms with Crippen molar-refractivity contribution < 1.29 is 19.1 Å². The fraction of sp³-hybridized carbons (Fsp3) is 0.474. The molecule has 0 aliphatic carbocycles. The molecule has 2 heterocycles. The number of ether oxygens (including phenoxy) is 2. The zero-order chi connectivity index (χ0) is 30.8. The average Bonchev–Trinajstić information content (AvgIpc) is 3.07. The lowest BCUT2D eigenvalue weighted by atomic mass is 9.76. The Hall–Kier alpha value is -3.32. The molecule has 0 N–H and O–H groups in total. The van der Waals surface area contributed by atoms with Crippen molar-refractivity contribution in [2.75, 3.05) is 59.1 Å². The molecular weight excluding hydrogens is 548 g/mol. The molecule has 0 amide bonds. The van der Waals surface area contributed by atoms with Crippen LogP contribution in [-0.4, -0.2) is 80.6 Å². The Morgan fingerprint density at radius 2 is 1.36 bits per heavy atom. The summed E-state index contributed by atoms with van der Waals surface area (Å²) in [6, 6.07) is 29.4. The molecule has 2 fully saturated rings. The molecule has 2 saturated heterocycles. The summed E-state index contributed by atoms with van der Waals surface area (Å²) in [5, 5.41) is 0. The summed E-state index contributed by atoms with van der Waals surface area (Å²) in [4.78, 5) is 30.7. The predicted molar refractivity (Wildman–Crippen MR) is 175 cm³/mol. The number of carbonyl (C=O) groups is 2. The maximum Gasteiger partial charge on any atom is 0.316 e. The van der Waals surface area contributed by atoms with E-state index in [4.69, 9.17) is 9.47 Å². The lowest BCUT2D eigenvalue weighted by Crippen LogP contribution is -2.39. The molecule has 5 rings (SSSR count). The number of hydrogen-bond acceptors (Lipinski definition) is 6. The first-order valence-corrected chi connectivity index (χ1v) is 16.3. The van der Waals surface area contributed by atoms with Crippen molar-refractivity contribution in [2.45, 2.75) is 50.9 Å². The highest BCUT2D eigenvalue weighted by Crippen LogP contribution is 2.38. The zero-order valence-corrected chi connectivity index (χ0v) is 26.5. The summed E-state index contributed by atoms with van der Waals surface area (Å²) >= 11 is 0. The number of esters is 1. The maximum atomic E-state index is 13.0. The quantitative estimate of drug-likeness (QED) is 0.169. The van der Waals surface area contributed by atoms with Crippen LogP contribution in [0.2, 0.25) is 0 Å². The summed E-state index contributed by atoms with van der Waals surface area (Å²) in [6.45, 7) is 11.1. The molecule has 0 saturated carbocycles. The van der Waals surface area contributed by atoms with Gasteiger partial charge in [0.2, 0.25) is 0 Å². The first-order valence-electron chi connectivity index (χ1n) is 16.3. The van der Waals surface area contributed by atoms with Crippen molar-refractivity contribution in [3.63, 3.8) is 0 Å². The van der Waals surface area contributed by atoms with Gasteiger partial charge in [-0.2, -0.15) is 0 Å². The molecule has 3 aromatic rings. The van der Waals surface area contributed by atoms with E-state index in [-0.39, 0.29) is 11.8 Å². The summed E-state index contributed by atoms with van der Waals surface area (Å²) in [7, 11) is 0. The van der Waals surface area contributed by atoms with Gasteiger partial charge in [-0.15, -0.1) is 0 Å². The van der Waals surface area contributed by atoms with Gasteiger partial charge in [0.15, 0.2) is 5.78 Å². The number of piperidine rings is 1. The van der Waals surface area contributed by atoms with Gasteiger partial charge in [0.05, 0.1) is 18.6 Å². The molecule has 234 valence electrons. The minimum Gasteiger partial charge on any atom is -0.464 e. The number of morpholine rings is 1. The predicted octanol–water partition coefficient (Wildman–Crippen LogP) is 6.35. The molecule has 44 heavy (non-hydrogen) atoms. The Labute approximate surface area is 263 Å². The van der Waals surface area contributed by atoms with Gasteiger partial charge >= 0.3 is 5.97 Å². The third-order valence-electron chi connectivity index (χ3n) is 9.48. The smallest absolute Gasteiger partial charge is 0.316 e. The van der Waals surface area contributed by atoms with Gasteiger partial charge in [0, 0.05) is 37.5 Å². The van der Waals surface area contributed by atoms with Crippen molar-refractivity contribution >= 4 is 11.8 Å². The number of Topliss-reactive ketones (excluding diaryl/α,β-unsaturated/α-hetero) is 1. The molecule has 0 aromatic heterocycles. The maximum absolute atomic E-state index is 13.0. The summed E-state index contributed by atoms with van der Waals surface area (Å²) in [5.74, 6) is 0.950. The Balaban J connectivity index is 1.06. The second kappa shape index (κ2) is 15.6. The van der Waals surface area contributed by atoms with Crippen molar-refractivity contribution in [3.05, 3.63) is 107 Å². The van der Waals surface area contributed by atoms with Crippen LogP contribution >= 0.6 is 0 Å². The van der Waals surface area contributed by atoms with Gasteiger partial charge in [-0.3, -0.25) is 14.5 Å². The van der Waals surface area contributed by atoms with E-state index in [1.54, 1.807) is 0 Å². The van der Waals surface area contributed by atoms with E-state index in [0.29, 0.717) is 30.4 Å². The number of carbonyl (C=O) groups excluding carboxylic acids is 2. The van der Waals surface area contributed by atoms with E-state index in [2.05, 4.69) is 70.5 Å². The van der Waals surface area contributed by atoms with Crippen molar-refractivity contribution in [1.29, 1.82) is 0 Å². The zero-order valence-electron chi connectivity index (χ0n) is 26.5. The summed E-state index contributed by atoms with van der Waals surface area (Å²) < 4.78 is 11.0. The van der Waals surface area contributed by atoms with Gasteiger partial charge in [0.1, 0.15) is 6.61 Å². The van der Waals surface area contributed by atoms with Crippen LogP contribution in [0, 0.1) is 5.92 Å². The number of ketones is 1. The van der Waals surface area contributed by atoms with Crippen LogP contribution in [0.1, 0.15) is 72.5 Å². The van der Waals surface area contributed by atoms with Crippen LogP contribution < -0.4 is 0 Å². The second-order valence-corrected chi connectivity index (χ2v) is 12.8. The van der Waals surface area contributed by atoms with Crippen LogP contribution in [0.3, 0.4) is 0 Å². The topological polar surface area (TPSA) is 59.1 Å². The normalized spacial score (nSPS) is 17.1. The van der Waals surface area contributed by atoms with Crippen LogP contribution in [0.15, 0.2) is 84.9 Å². The molecule has 0 radical (unpaired) electrons. The molecule has 0 unspecified atom stereocenters. The highest BCUT2D eigenvalue weighted by Gasteiger charge is 2.32. The second-order valence-electron chi connectivity index (χ2n) is 12.8. The molecule has 6 nitrogen and oxygen atoms in total. The lowest BCUT2D eigenvalue weighted by Gasteiger charge is -2.36. The van der Waals surface area contributed by atoms with Crippen LogP contribution in [0.5, 0.6) is 0 Å². The standard InChI is InChI=1S/C38H48N2O4/c1-38(2,37(42)44-29-26-40-24-27-43-28-25-40)34-17-15-30(16-18-34)35(41)14-9-21-39-22-19-33(20-23-39)36(31-10-5-3-6-11-31)32-12-7-4-8-13-32/h3-8,10-13,15-18,33,36H,9,14,19-29H2,1-2H3. The molecule has 0 bridgehead atoms. The van der Waals surface area contributed by atoms with Crippen molar-refractivity contribution in [3.8, 4) is 0 Å². The Kier molecular flexibility index (Phi) is 11.4. The van der Waals surface area contributed by atoms with E-state index in [1.165, 1.54) is 11.1 Å². The van der Waals surface area contributed by atoms with E-state index in [0.717, 1.165) is 77.3 Å². The average molecular weight is 597 g/mol. The summed E-state index contributed by atoms with van der Waals surface area (Å²) in [6.07, 6.45) is 3.71. The first kappa shape index (κ1) is 32.1. The SMILES string of the molecule is CC(C)(C(=O)OCCN1CCOCC1)c1ccc(C(=O)CCCN2CCC(C(c3ccccc3)c3ccccc3)CC2)cc1. The summed E-state index contributed by atoms with van der Waals surface area (Å²) in [5.41, 5.74) is 3.59. The van der Waals surface area contributed by atoms with E-state index in [9.17, 15) is 9.59 Å². The van der Waals surface area contributed by atoms with Crippen LogP contribution in [0.25, 0.3) is 0 Å². The molecule has 0 spiro atoms. The largest absolute Gasteiger partial charge is 0.464 e. The fourth-order valence-corrected chi connectivity index (χ4v) is 6.64. The molecule has 0 atom stereocenters. The van der Waals surface area contributed by atoms with E-state index in [1.807, 2.05) is 38.1 Å². The van der Waals surface area contributed by atoms with Gasteiger partial charge < -0.3 is 14.4 Å². The van der Waals surface area contributed by atoms with Gasteiger partial charge in [0.25, 0.3) is 0 Å². The van der Waals surface area contributed by atoms with Crippen molar-refractivity contribution in [1.82, 2.24) is 9.80 Å². The third kappa shape index (κ3) is 8.44. The minimum atomic E-state index is -0.779. The van der Waals surface area contributed by atoms with E-state index >= 15 is 0 Å². The molecule has 2 aliphatic rings. The fourth-order valence-electron chi connectivity index (χ4n) is 6.64. The van der Waals surface area contributed by atoms with E-state index < -0.39 is 5.41 Å². The van der Waals surface area contributed by atoms with Crippen LogP contribution in [0.4, 0.5) is 0 Å². The highest BCUT2D eigenvalue weighted by atomic mass is 16.5. The Morgan fingerprint density at radius 3 is 1.95 bits per heavy atom. The lowest BCUT2D eigenvalue weighted by molar-refractivity contribution is -0.150. The van der Waals surface area contributed by atoms with Crippen molar-refractivity contribution in [2.24, 2.45) is 5.92 Å². The highest BCUT2D eigenvalue weighted by molar-refractivity contribution is 5.96. The van der Waals surface area contributed by atoms with Gasteiger partial charge in [-0.1, -0.05) is 84.9 Å². The number of hydrogen-bond donors (Lipinski definition) is 0. The Morgan fingerprint density at radius 1 is 0.795 bits per heavy atom.